The molecule has 40 heavy (non-hydrogen) atoms. The molecule has 1 amide bonds. The smallest absolute Gasteiger partial charge is 0.408 e. The van der Waals surface area contributed by atoms with Crippen LogP contribution >= 0.6 is 0 Å². The number of nitrogens with zero attached hydrogens (tertiary/aromatic N) is 2. The van der Waals surface area contributed by atoms with Crippen molar-refractivity contribution in [2.45, 2.75) is 62.6 Å². The highest BCUT2D eigenvalue weighted by atomic mass is 32.2. The first-order valence-electron chi connectivity index (χ1n) is 13.1. The van der Waals surface area contributed by atoms with Crippen LogP contribution in [0.25, 0.3) is 0 Å². The van der Waals surface area contributed by atoms with Gasteiger partial charge in [-0.1, -0.05) is 42.5 Å². The predicted molar refractivity (Wildman–Crippen MR) is 156 cm³/mol. The van der Waals surface area contributed by atoms with Crippen molar-refractivity contribution in [3.8, 4) is 11.5 Å². The number of carbonyl (C=O) groups is 1. The van der Waals surface area contributed by atoms with E-state index in [2.05, 4.69) is 13.2 Å². The molecule has 0 saturated carbocycles. The highest BCUT2D eigenvalue weighted by Gasteiger charge is 2.39. The van der Waals surface area contributed by atoms with Gasteiger partial charge < -0.3 is 19.7 Å². The van der Waals surface area contributed by atoms with Gasteiger partial charge in [0.25, 0.3) is 0 Å². The average molecular weight is 575 g/mol. The second kappa shape index (κ2) is 14.9. The molecular weight excluding hydrogens is 532 g/mol. The lowest BCUT2D eigenvalue weighted by molar-refractivity contribution is 0.00183. The summed E-state index contributed by atoms with van der Waals surface area (Å²) in [5.41, 5.74) is -0.0536. The maximum atomic E-state index is 13.9. The third kappa shape index (κ3) is 8.84. The van der Waals surface area contributed by atoms with Crippen molar-refractivity contribution in [3.63, 3.8) is 0 Å². The molecule has 0 unspecified atom stereocenters. The van der Waals surface area contributed by atoms with Crippen LogP contribution in [0.15, 0.2) is 78.7 Å². The van der Waals surface area contributed by atoms with E-state index in [1.807, 2.05) is 30.3 Å². The zero-order valence-electron chi connectivity index (χ0n) is 23.8. The summed E-state index contributed by atoms with van der Waals surface area (Å²) in [6.07, 6.45) is 2.14. The summed E-state index contributed by atoms with van der Waals surface area (Å²) in [5, 5.41) is 21.6. The molecule has 0 heterocycles. The highest BCUT2D eigenvalue weighted by Crippen LogP contribution is 2.32. The minimum atomic E-state index is -4.21. The van der Waals surface area contributed by atoms with Crippen LogP contribution in [0.5, 0.6) is 11.5 Å². The van der Waals surface area contributed by atoms with Gasteiger partial charge in [-0.25, -0.2) is 13.2 Å². The first-order valence-corrected chi connectivity index (χ1v) is 14.6. The molecule has 0 aliphatic carbocycles. The minimum absolute atomic E-state index is 0.0912. The number of unbranched alkanes of at least 4 members (excludes halogenated alkanes) is 1. The quantitative estimate of drug-likeness (QED) is 0.215. The summed E-state index contributed by atoms with van der Waals surface area (Å²) in [7, 11) is -2.74. The fraction of sp³-hybridized carbons (Fsp3) is 0.433. The molecule has 0 saturated heterocycles. The Balaban J connectivity index is 2.49. The number of carboxylic acid groups (broad SMARTS) is 1. The van der Waals surface area contributed by atoms with Gasteiger partial charge in [0.1, 0.15) is 16.4 Å². The molecule has 0 aliphatic heterocycles. The molecular formula is C30H42N2O7S. The van der Waals surface area contributed by atoms with Crippen LogP contribution in [0.3, 0.4) is 0 Å². The van der Waals surface area contributed by atoms with Crippen LogP contribution in [0.4, 0.5) is 4.79 Å². The Morgan fingerprint density at radius 2 is 1.77 bits per heavy atom. The number of ether oxygens (including phenoxy) is 2. The summed E-state index contributed by atoms with van der Waals surface area (Å²) in [6, 6.07) is 12.7. The molecule has 2 aromatic rings. The first-order chi connectivity index (χ1) is 18.9. The van der Waals surface area contributed by atoms with Gasteiger partial charge in [-0.2, -0.15) is 4.31 Å². The van der Waals surface area contributed by atoms with E-state index >= 15 is 0 Å². The monoisotopic (exact) mass is 574 g/mol. The first kappa shape index (κ1) is 32.9. The second-order valence-electron chi connectivity index (χ2n) is 10.4. The number of methoxy groups -OCH3 is 1. The van der Waals surface area contributed by atoms with Crippen molar-refractivity contribution < 1.29 is 32.9 Å². The van der Waals surface area contributed by atoms with Crippen LogP contribution in [0, 0.1) is 0 Å². The van der Waals surface area contributed by atoms with E-state index in [9.17, 15) is 23.4 Å². The highest BCUT2D eigenvalue weighted by molar-refractivity contribution is 7.89. The minimum Gasteiger partial charge on any atom is -0.497 e. The maximum absolute atomic E-state index is 13.9. The topological polar surface area (TPSA) is 117 Å². The number of allylic oxidation sites excluding steroid dienone is 1. The van der Waals surface area contributed by atoms with Crippen molar-refractivity contribution in [2.24, 2.45) is 0 Å². The lowest BCUT2D eigenvalue weighted by Crippen LogP contribution is -2.58. The fourth-order valence-corrected chi connectivity index (χ4v) is 5.96. The summed E-state index contributed by atoms with van der Waals surface area (Å²) in [5.74, 6) is 0.549. The summed E-state index contributed by atoms with van der Waals surface area (Å²) in [4.78, 5) is 13.5. The third-order valence-corrected chi connectivity index (χ3v) is 8.17. The largest absolute Gasteiger partial charge is 0.497 e. The average Bonchev–Trinajstić information content (AvgIpc) is 2.89. The summed E-state index contributed by atoms with van der Waals surface area (Å²) < 4.78 is 40.1. The molecule has 0 radical (unpaired) electrons. The van der Waals surface area contributed by atoms with Gasteiger partial charge in [0.15, 0.2) is 0 Å². The zero-order valence-corrected chi connectivity index (χ0v) is 24.6. The molecule has 9 nitrogen and oxygen atoms in total. The number of amides is 1. The van der Waals surface area contributed by atoms with E-state index in [4.69, 9.17) is 9.47 Å². The molecule has 2 aromatic carbocycles. The molecule has 2 atom stereocenters. The van der Waals surface area contributed by atoms with Crippen molar-refractivity contribution in [1.29, 1.82) is 0 Å². The van der Waals surface area contributed by atoms with Crippen LogP contribution in [0.2, 0.25) is 0 Å². The fourth-order valence-electron chi connectivity index (χ4n) is 4.42. The number of rotatable bonds is 16. The Kier molecular flexibility index (Phi) is 12.2. The van der Waals surface area contributed by atoms with Crippen molar-refractivity contribution in [1.82, 2.24) is 9.21 Å². The molecule has 10 heteroatoms. The molecule has 0 fully saturated rings. The van der Waals surface area contributed by atoms with Crippen molar-refractivity contribution in [3.05, 3.63) is 79.4 Å². The Labute approximate surface area is 238 Å². The van der Waals surface area contributed by atoms with Crippen molar-refractivity contribution >= 4 is 16.1 Å². The van der Waals surface area contributed by atoms with Gasteiger partial charge in [0.05, 0.1) is 25.9 Å². The van der Waals surface area contributed by atoms with Crippen LogP contribution in [-0.4, -0.2) is 78.4 Å². The standard InChI is InChI=1S/C30H42N2O7S/c1-7-9-13-19-39-27-21-24(38-6)16-17-28(27)40(36,37)31(18-8-2)22-26(33)25(20-23-14-11-10-12-15-23)32(29(34)35)30(3,4)5/h7-8,10-12,14-17,21,25-26,33H,1-2,9,13,18-20,22H2,3-6H3,(H,34,35)/t25-,26-/m0/s1. The van der Waals surface area contributed by atoms with Gasteiger partial charge in [0.2, 0.25) is 10.0 Å². The van der Waals surface area contributed by atoms with E-state index in [1.165, 1.54) is 36.3 Å². The Morgan fingerprint density at radius 3 is 2.33 bits per heavy atom. The number of benzene rings is 2. The summed E-state index contributed by atoms with van der Waals surface area (Å²) in [6.45, 7) is 12.4. The van der Waals surface area contributed by atoms with Crippen LogP contribution < -0.4 is 9.47 Å². The van der Waals surface area contributed by atoms with Gasteiger partial charge in [-0.3, -0.25) is 4.90 Å². The normalized spacial score (nSPS) is 13.3. The predicted octanol–water partition coefficient (Wildman–Crippen LogP) is 4.97. The van der Waals surface area contributed by atoms with Crippen LogP contribution in [0.1, 0.15) is 39.2 Å². The van der Waals surface area contributed by atoms with Gasteiger partial charge in [-0.05, 0) is 57.7 Å². The maximum Gasteiger partial charge on any atom is 0.408 e. The SMILES string of the molecule is C=CCCCOc1cc(OC)ccc1S(=O)(=O)N(CC=C)C[C@H](O)[C@H](Cc1ccccc1)N(C(=O)O)C(C)(C)C. The lowest BCUT2D eigenvalue weighted by Gasteiger charge is -2.42. The van der Waals surface area contributed by atoms with E-state index < -0.39 is 33.8 Å². The number of aliphatic hydroxyl groups is 1. The number of hydrogen-bond donors (Lipinski definition) is 2. The molecule has 0 aromatic heterocycles. The second-order valence-corrected chi connectivity index (χ2v) is 12.3. The number of sulfonamides is 1. The Morgan fingerprint density at radius 1 is 1.10 bits per heavy atom. The van der Waals surface area contributed by atoms with Crippen LogP contribution in [-0.2, 0) is 16.4 Å². The molecule has 0 aliphatic rings. The molecule has 2 N–H and O–H groups in total. The van der Waals surface area contributed by atoms with E-state index in [0.717, 1.165) is 9.87 Å². The molecule has 0 spiro atoms. The third-order valence-electron chi connectivity index (χ3n) is 6.29. The van der Waals surface area contributed by atoms with E-state index in [1.54, 1.807) is 26.8 Å². The summed E-state index contributed by atoms with van der Waals surface area (Å²) >= 11 is 0. The van der Waals surface area contributed by atoms with Gasteiger partial charge >= 0.3 is 6.09 Å². The van der Waals surface area contributed by atoms with Gasteiger partial charge in [-0.15, -0.1) is 13.2 Å². The Hall–Kier alpha value is -3.34. The van der Waals surface area contributed by atoms with E-state index in [-0.39, 0.29) is 36.8 Å². The number of hydrogen-bond acceptors (Lipinski definition) is 6. The molecule has 220 valence electrons. The lowest BCUT2D eigenvalue weighted by atomic mass is 9.94. The molecule has 0 bridgehead atoms. The van der Waals surface area contributed by atoms with Crippen molar-refractivity contribution in [2.75, 3.05) is 26.8 Å². The zero-order chi connectivity index (χ0) is 29.9. The van der Waals surface area contributed by atoms with Gasteiger partial charge in [0, 0.05) is 24.7 Å². The number of aliphatic hydroxyl groups excluding tert-OH is 1. The molecule has 2 rings (SSSR count). The Bertz CT molecular complexity index is 1230. The van der Waals surface area contributed by atoms with E-state index in [0.29, 0.717) is 18.6 Å².